The Kier molecular flexibility index (Phi) is 9.70. The summed E-state index contributed by atoms with van der Waals surface area (Å²) in [6.45, 7) is 0.796. The second-order valence-electron chi connectivity index (χ2n) is 6.70. The molecule has 0 radical (unpaired) electrons. The summed E-state index contributed by atoms with van der Waals surface area (Å²) in [5.41, 5.74) is 0.801. The molecule has 1 amide bonds. The standard InChI is InChI=1S/C21H23ClN2O6S2/c1-14(25)15-4-3-5-17(12-15)23-20(26)13-30-21(27)19(10-11-31-2)24-32(28,29)18-8-6-16(22)7-9-18/h3-9,12,19,24H,10-11,13H2,1-2H3,(H,23,26)/t19-/m0/s1. The van der Waals surface area contributed by atoms with Gasteiger partial charge < -0.3 is 10.1 Å². The number of Topliss-reactive ketones (excluding diaryl/α,β-unsaturated/α-hetero) is 1. The van der Waals surface area contributed by atoms with Crippen molar-refractivity contribution in [2.75, 3.05) is 23.9 Å². The van der Waals surface area contributed by atoms with Crippen molar-refractivity contribution in [3.8, 4) is 0 Å². The second-order valence-corrected chi connectivity index (χ2v) is 9.84. The third-order valence-electron chi connectivity index (χ3n) is 4.21. The highest BCUT2D eigenvalue weighted by Gasteiger charge is 2.27. The maximum atomic E-state index is 12.6. The van der Waals surface area contributed by atoms with Gasteiger partial charge in [0.05, 0.1) is 4.90 Å². The van der Waals surface area contributed by atoms with Crippen molar-refractivity contribution in [3.63, 3.8) is 0 Å². The largest absolute Gasteiger partial charge is 0.454 e. The molecule has 8 nitrogen and oxygen atoms in total. The van der Waals surface area contributed by atoms with Gasteiger partial charge in [0.15, 0.2) is 12.4 Å². The normalized spacial score (nSPS) is 12.1. The Bertz CT molecular complexity index is 1070. The Morgan fingerprint density at radius 3 is 2.44 bits per heavy atom. The molecule has 0 aliphatic carbocycles. The third-order valence-corrected chi connectivity index (χ3v) is 6.60. The molecule has 0 saturated carbocycles. The number of benzene rings is 2. The molecule has 1 atom stereocenters. The van der Waals surface area contributed by atoms with Crippen molar-refractivity contribution in [2.45, 2.75) is 24.3 Å². The predicted molar refractivity (Wildman–Crippen MR) is 125 cm³/mol. The molecule has 0 aliphatic rings. The Hall–Kier alpha value is -2.40. The molecule has 0 aromatic heterocycles. The minimum absolute atomic E-state index is 0.0491. The van der Waals surface area contributed by atoms with Crippen LogP contribution in [0.1, 0.15) is 23.7 Å². The molecular formula is C21H23ClN2O6S2. The average Bonchev–Trinajstić information content (AvgIpc) is 2.75. The van der Waals surface area contributed by atoms with E-state index in [4.69, 9.17) is 16.3 Å². The van der Waals surface area contributed by atoms with Crippen molar-refractivity contribution in [1.82, 2.24) is 4.72 Å². The van der Waals surface area contributed by atoms with Crippen molar-refractivity contribution in [1.29, 1.82) is 0 Å². The van der Waals surface area contributed by atoms with Crippen molar-refractivity contribution < 1.29 is 27.5 Å². The van der Waals surface area contributed by atoms with Crippen LogP contribution in [0.2, 0.25) is 5.02 Å². The number of esters is 1. The van der Waals surface area contributed by atoms with Crippen LogP contribution in [0.4, 0.5) is 5.69 Å². The summed E-state index contributed by atoms with van der Waals surface area (Å²) in [5, 5.41) is 2.91. The number of carbonyl (C=O) groups excluding carboxylic acids is 3. The van der Waals surface area contributed by atoms with Gasteiger partial charge in [-0.15, -0.1) is 0 Å². The van der Waals surface area contributed by atoms with Gasteiger partial charge in [0, 0.05) is 16.3 Å². The summed E-state index contributed by atoms with van der Waals surface area (Å²) in [6, 6.07) is 10.7. The minimum atomic E-state index is -4.00. The molecule has 32 heavy (non-hydrogen) atoms. The minimum Gasteiger partial charge on any atom is -0.454 e. The van der Waals surface area contributed by atoms with Crippen LogP contribution < -0.4 is 10.0 Å². The summed E-state index contributed by atoms with van der Waals surface area (Å²) in [4.78, 5) is 36.1. The molecule has 0 bridgehead atoms. The molecule has 172 valence electrons. The van der Waals surface area contributed by atoms with E-state index in [2.05, 4.69) is 10.0 Å². The number of hydrogen-bond donors (Lipinski definition) is 2. The Morgan fingerprint density at radius 1 is 1.12 bits per heavy atom. The number of thioether (sulfide) groups is 1. The molecule has 0 saturated heterocycles. The fourth-order valence-corrected chi connectivity index (χ4v) is 4.40. The number of rotatable bonds is 11. The predicted octanol–water partition coefficient (Wildman–Crippen LogP) is 3.12. The Labute approximate surface area is 196 Å². The lowest BCUT2D eigenvalue weighted by Crippen LogP contribution is -2.43. The zero-order valence-corrected chi connectivity index (χ0v) is 19.9. The zero-order chi connectivity index (χ0) is 23.7. The third kappa shape index (κ3) is 7.94. The number of hydrogen-bond acceptors (Lipinski definition) is 7. The fourth-order valence-electron chi connectivity index (χ4n) is 2.58. The van der Waals surface area contributed by atoms with Gasteiger partial charge in [0.2, 0.25) is 10.0 Å². The van der Waals surface area contributed by atoms with Crippen molar-refractivity contribution in [2.24, 2.45) is 0 Å². The highest BCUT2D eigenvalue weighted by molar-refractivity contribution is 7.98. The van der Waals surface area contributed by atoms with Gasteiger partial charge in [-0.25, -0.2) is 8.42 Å². The van der Waals surface area contributed by atoms with E-state index in [1.807, 2.05) is 6.26 Å². The monoisotopic (exact) mass is 498 g/mol. The number of halogens is 1. The molecule has 0 aliphatic heterocycles. The number of ether oxygens (including phenoxy) is 1. The number of ketones is 1. The fraction of sp³-hybridized carbons (Fsp3) is 0.286. The summed E-state index contributed by atoms with van der Waals surface area (Å²) in [5.74, 6) is -1.16. The van der Waals surface area contributed by atoms with Crippen LogP contribution >= 0.6 is 23.4 Å². The molecule has 0 unspecified atom stereocenters. The SMILES string of the molecule is CSCC[C@H](NS(=O)(=O)c1ccc(Cl)cc1)C(=O)OCC(=O)Nc1cccc(C(C)=O)c1. The van der Waals surface area contributed by atoms with Crippen LogP contribution in [0.3, 0.4) is 0 Å². The van der Waals surface area contributed by atoms with E-state index < -0.39 is 34.5 Å². The van der Waals surface area contributed by atoms with Crippen LogP contribution in [0.25, 0.3) is 0 Å². The van der Waals surface area contributed by atoms with Crippen LogP contribution in [-0.4, -0.2) is 50.7 Å². The van der Waals surface area contributed by atoms with Crippen molar-refractivity contribution >= 4 is 56.7 Å². The summed E-state index contributed by atoms with van der Waals surface area (Å²) in [7, 11) is -4.00. The van der Waals surface area contributed by atoms with Crippen LogP contribution in [0, 0.1) is 0 Å². The van der Waals surface area contributed by atoms with Gasteiger partial charge in [-0.3, -0.25) is 14.4 Å². The maximum Gasteiger partial charge on any atom is 0.324 e. The molecule has 2 aromatic carbocycles. The summed E-state index contributed by atoms with van der Waals surface area (Å²) >= 11 is 7.23. The van der Waals surface area contributed by atoms with E-state index in [1.165, 1.54) is 49.0 Å². The smallest absolute Gasteiger partial charge is 0.324 e. The lowest BCUT2D eigenvalue weighted by Gasteiger charge is -2.17. The van der Waals surface area contributed by atoms with Crippen LogP contribution in [0.15, 0.2) is 53.4 Å². The first-order chi connectivity index (χ1) is 15.1. The first kappa shape index (κ1) is 25.9. The molecule has 2 aromatic rings. The number of carbonyl (C=O) groups is 3. The second kappa shape index (κ2) is 12.0. The lowest BCUT2D eigenvalue weighted by atomic mass is 10.1. The van der Waals surface area contributed by atoms with E-state index >= 15 is 0 Å². The van der Waals surface area contributed by atoms with Gasteiger partial charge in [0.25, 0.3) is 5.91 Å². The molecule has 2 N–H and O–H groups in total. The molecular weight excluding hydrogens is 476 g/mol. The van der Waals surface area contributed by atoms with E-state index in [0.29, 0.717) is 22.0 Å². The number of nitrogens with one attached hydrogen (secondary N) is 2. The lowest BCUT2D eigenvalue weighted by molar-refractivity contribution is -0.149. The van der Waals surface area contributed by atoms with Gasteiger partial charge >= 0.3 is 5.97 Å². The Balaban J connectivity index is 2.01. The molecule has 0 spiro atoms. The maximum absolute atomic E-state index is 12.6. The van der Waals surface area contributed by atoms with Crippen LogP contribution in [0.5, 0.6) is 0 Å². The Morgan fingerprint density at radius 2 is 1.81 bits per heavy atom. The highest BCUT2D eigenvalue weighted by atomic mass is 35.5. The van der Waals surface area contributed by atoms with Gasteiger partial charge in [-0.1, -0.05) is 23.7 Å². The van der Waals surface area contributed by atoms with Gasteiger partial charge in [-0.2, -0.15) is 16.5 Å². The average molecular weight is 499 g/mol. The van der Waals surface area contributed by atoms with E-state index in [1.54, 1.807) is 18.2 Å². The van der Waals surface area contributed by atoms with Crippen LogP contribution in [-0.2, 0) is 24.3 Å². The van der Waals surface area contributed by atoms with Gasteiger partial charge in [-0.05, 0) is 61.8 Å². The first-order valence-electron chi connectivity index (χ1n) is 9.46. The number of sulfonamides is 1. The quantitative estimate of drug-likeness (QED) is 0.361. The van der Waals surface area contributed by atoms with Crippen molar-refractivity contribution in [3.05, 3.63) is 59.1 Å². The number of amides is 1. The number of anilines is 1. The van der Waals surface area contributed by atoms with E-state index in [-0.39, 0.29) is 17.1 Å². The molecule has 2 rings (SSSR count). The first-order valence-corrected chi connectivity index (χ1v) is 12.7. The molecule has 0 fully saturated rings. The molecule has 0 heterocycles. The van der Waals surface area contributed by atoms with E-state index in [0.717, 1.165) is 0 Å². The summed E-state index contributed by atoms with van der Waals surface area (Å²) < 4.78 is 32.6. The summed E-state index contributed by atoms with van der Waals surface area (Å²) in [6.07, 6.45) is 1.99. The van der Waals surface area contributed by atoms with Gasteiger partial charge in [0.1, 0.15) is 6.04 Å². The molecule has 11 heteroatoms. The topological polar surface area (TPSA) is 119 Å². The zero-order valence-electron chi connectivity index (χ0n) is 17.5. The van der Waals surface area contributed by atoms with E-state index in [9.17, 15) is 22.8 Å². The highest BCUT2D eigenvalue weighted by Crippen LogP contribution is 2.16.